The molecule has 1 N–H and O–H groups in total. The van der Waals surface area contributed by atoms with Crippen LogP contribution in [0.2, 0.25) is 15.2 Å². The maximum absolute atomic E-state index is 6.05. The summed E-state index contributed by atoms with van der Waals surface area (Å²) in [6, 6.07) is 1.55. The maximum Gasteiger partial charge on any atom is 0.166 e. The highest BCUT2D eigenvalue weighted by Crippen LogP contribution is 2.58. The highest BCUT2D eigenvalue weighted by molar-refractivity contribution is 6.42. The minimum absolute atomic E-state index is 0.207. The van der Waals surface area contributed by atoms with Gasteiger partial charge in [0.2, 0.25) is 0 Å². The molecular formula is C15H16Cl3N3. The summed E-state index contributed by atoms with van der Waals surface area (Å²) >= 11 is 17.8. The standard InChI is InChI=1S/C15H16Cl3N3/c1-15(2)9-4-3-8(10(15)5-9)7-19-21-14-12(17)6-11(16)13(18)20-14/h3,6-7,9-10H,4-5H2,1-2H3,(H,20,21)/b19-7+. The molecule has 2 atom stereocenters. The Morgan fingerprint density at radius 2 is 2.10 bits per heavy atom. The van der Waals surface area contributed by atoms with Crippen LogP contribution in [0.4, 0.5) is 5.82 Å². The molecule has 0 spiro atoms. The average Bonchev–Trinajstić information content (AvgIpc) is 2.44. The zero-order chi connectivity index (χ0) is 15.2. The summed E-state index contributed by atoms with van der Waals surface area (Å²) in [4.78, 5) is 4.07. The van der Waals surface area contributed by atoms with Gasteiger partial charge < -0.3 is 0 Å². The molecule has 1 heterocycles. The van der Waals surface area contributed by atoms with Crippen LogP contribution in [0.25, 0.3) is 0 Å². The SMILES string of the molecule is CC1(C)C2CC=C(/C=N/Nc3nc(Cl)c(Cl)cc3Cl)C1C2. The number of allylic oxidation sites excluding steroid dienone is 2. The third kappa shape index (κ3) is 2.67. The predicted molar refractivity (Wildman–Crippen MR) is 89.5 cm³/mol. The van der Waals surface area contributed by atoms with Gasteiger partial charge in [-0.05, 0) is 41.7 Å². The summed E-state index contributed by atoms with van der Waals surface area (Å²) < 4.78 is 0. The van der Waals surface area contributed by atoms with Crippen LogP contribution in [0.15, 0.2) is 22.8 Å². The normalized spacial score (nSPS) is 26.4. The number of hydrazone groups is 1. The molecule has 1 aromatic heterocycles. The van der Waals surface area contributed by atoms with Crippen LogP contribution in [0.3, 0.4) is 0 Å². The molecule has 0 amide bonds. The van der Waals surface area contributed by atoms with Gasteiger partial charge in [0.15, 0.2) is 5.82 Å². The largest absolute Gasteiger partial charge is 0.260 e. The Morgan fingerprint density at radius 1 is 1.33 bits per heavy atom. The Morgan fingerprint density at radius 3 is 2.76 bits per heavy atom. The van der Waals surface area contributed by atoms with Gasteiger partial charge in [-0.1, -0.05) is 54.7 Å². The molecule has 112 valence electrons. The van der Waals surface area contributed by atoms with Crippen LogP contribution in [-0.4, -0.2) is 11.2 Å². The molecule has 2 bridgehead atoms. The first kappa shape index (κ1) is 15.1. The van der Waals surface area contributed by atoms with Crippen molar-refractivity contribution in [2.75, 3.05) is 5.43 Å². The minimum atomic E-state index is 0.207. The van der Waals surface area contributed by atoms with E-state index in [4.69, 9.17) is 34.8 Å². The number of fused-ring (bicyclic) bond motifs is 1. The molecule has 3 nitrogen and oxygen atoms in total. The molecule has 0 saturated heterocycles. The first-order valence-electron chi connectivity index (χ1n) is 6.90. The highest BCUT2D eigenvalue weighted by Gasteiger charge is 2.50. The van der Waals surface area contributed by atoms with Crippen LogP contribution in [0.5, 0.6) is 0 Å². The van der Waals surface area contributed by atoms with E-state index >= 15 is 0 Å². The van der Waals surface area contributed by atoms with Crippen LogP contribution >= 0.6 is 34.8 Å². The number of nitrogens with one attached hydrogen (secondary N) is 1. The summed E-state index contributed by atoms with van der Waals surface area (Å²) in [6.07, 6.45) is 6.54. The number of pyridine rings is 1. The van der Waals surface area contributed by atoms with E-state index in [1.165, 1.54) is 12.0 Å². The molecule has 4 rings (SSSR count). The first-order chi connectivity index (χ1) is 9.89. The Hall–Kier alpha value is -0.770. The fourth-order valence-electron chi connectivity index (χ4n) is 3.24. The lowest BCUT2D eigenvalue weighted by atomic mass is 9.49. The van der Waals surface area contributed by atoms with Gasteiger partial charge in [-0.15, -0.1) is 0 Å². The van der Waals surface area contributed by atoms with E-state index in [2.05, 4.69) is 35.4 Å². The lowest BCUT2D eigenvalue weighted by Gasteiger charge is -2.55. The number of nitrogens with zero attached hydrogens (tertiary/aromatic N) is 2. The third-order valence-electron chi connectivity index (χ3n) is 4.78. The van der Waals surface area contributed by atoms with Gasteiger partial charge in [-0.2, -0.15) is 5.10 Å². The molecule has 0 radical (unpaired) electrons. The molecule has 3 aliphatic carbocycles. The Balaban J connectivity index is 1.71. The van der Waals surface area contributed by atoms with Crippen molar-refractivity contribution in [3.05, 3.63) is 32.9 Å². The summed E-state index contributed by atoms with van der Waals surface area (Å²) in [7, 11) is 0. The topological polar surface area (TPSA) is 37.3 Å². The summed E-state index contributed by atoms with van der Waals surface area (Å²) in [5.74, 6) is 1.82. The van der Waals surface area contributed by atoms with Crippen LogP contribution in [0.1, 0.15) is 26.7 Å². The van der Waals surface area contributed by atoms with Gasteiger partial charge in [0.1, 0.15) is 5.15 Å². The molecule has 2 unspecified atom stereocenters. The zero-order valence-electron chi connectivity index (χ0n) is 11.8. The van der Waals surface area contributed by atoms with Crippen LogP contribution < -0.4 is 5.43 Å². The second-order valence-corrected chi connectivity index (χ2v) is 7.38. The van der Waals surface area contributed by atoms with E-state index in [-0.39, 0.29) is 5.15 Å². The predicted octanol–water partition coefficient (Wildman–Crippen LogP) is 5.43. The van der Waals surface area contributed by atoms with Crippen molar-refractivity contribution >= 4 is 46.8 Å². The number of anilines is 1. The summed E-state index contributed by atoms with van der Waals surface area (Å²) in [5.41, 5.74) is 4.50. The fraction of sp³-hybridized carbons (Fsp3) is 0.467. The second-order valence-electron chi connectivity index (χ2n) is 6.21. The molecule has 1 aromatic rings. The summed E-state index contributed by atoms with van der Waals surface area (Å²) in [6.45, 7) is 4.66. The van der Waals surface area contributed by atoms with Crippen molar-refractivity contribution in [2.45, 2.75) is 26.7 Å². The Kier molecular flexibility index (Phi) is 3.93. The second kappa shape index (κ2) is 5.45. The Bertz CT molecular complexity index is 637. The van der Waals surface area contributed by atoms with Gasteiger partial charge in [0.05, 0.1) is 16.3 Å². The number of halogens is 3. The zero-order valence-corrected chi connectivity index (χ0v) is 14.1. The molecule has 21 heavy (non-hydrogen) atoms. The third-order valence-corrected chi connectivity index (χ3v) is 5.74. The average molecular weight is 345 g/mol. The molecule has 0 aromatic carbocycles. The van der Waals surface area contributed by atoms with E-state index in [0.717, 1.165) is 12.3 Å². The van der Waals surface area contributed by atoms with Gasteiger partial charge in [-0.3, -0.25) is 5.43 Å². The van der Waals surface area contributed by atoms with Crippen LogP contribution in [-0.2, 0) is 0 Å². The molecule has 0 aliphatic heterocycles. The monoisotopic (exact) mass is 343 g/mol. The summed E-state index contributed by atoms with van der Waals surface area (Å²) in [5, 5.41) is 5.17. The first-order valence-corrected chi connectivity index (χ1v) is 8.03. The smallest absolute Gasteiger partial charge is 0.166 e. The Labute approximate surface area is 139 Å². The van der Waals surface area contributed by atoms with Gasteiger partial charge in [-0.25, -0.2) is 4.98 Å². The fourth-order valence-corrected chi connectivity index (χ4v) is 3.78. The number of rotatable bonds is 3. The molecular weight excluding hydrogens is 329 g/mol. The van der Waals surface area contributed by atoms with Crippen molar-refractivity contribution in [3.63, 3.8) is 0 Å². The minimum Gasteiger partial charge on any atom is -0.260 e. The van der Waals surface area contributed by atoms with E-state index in [1.807, 2.05) is 6.21 Å². The van der Waals surface area contributed by atoms with E-state index in [9.17, 15) is 0 Å². The van der Waals surface area contributed by atoms with Crippen molar-refractivity contribution in [1.82, 2.24) is 4.98 Å². The van der Waals surface area contributed by atoms with Crippen molar-refractivity contribution < 1.29 is 0 Å². The number of hydrogen-bond donors (Lipinski definition) is 1. The van der Waals surface area contributed by atoms with E-state index in [0.29, 0.717) is 27.2 Å². The lowest BCUT2D eigenvalue weighted by molar-refractivity contribution is -0.00124. The van der Waals surface area contributed by atoms with Gasteiger partial charge in [0.25, 0.3) is 0 Å². The van der Waals surface area contributed by atoms with Gasteiger partial charge >= 0.3 is 0 Å². The van der Waals surface area contributed by atoms with E-state index in [1.54, 1.807) is 6.07 Å². The van der Waals surface area contributed by atoms with Gasteiger partial charge in [0, 0.05) is 0 Å². The van der Waals surface area contributed by atoms with Crippen molar-refractivity contribution in [2.24, 2.45) is 22.4 Å². The molecule has 1 fully saturated rings. The van der Waals surface area contributed by atoms with E-state index < -0.39 is 0 Å². The van der Waals surface area contributed by atoms with Crippen molar-refractivity contribution in [3.8, 4) is 0 Å². The quantitative estimate of drug-likeness (QED) is 0.451. The molecule has 1 saturated carbocycles. The molecule has 3 aliphatic rings. The maximum atomic E-state index is 6.05. The lowest BCUT2D eigenvalue weighted by Crippen LogP contribution is -2.48. The van der Waals surface area contributed by atoms with Crippen molar-refractivity contribution in [1.29, 1.82) is 0 Å². The highest BCUT2D eigenvalue weighted by atomic mass is 35.5. The molecule has 6 heteroatoms. The number of aromatic nitrogens is 1. The van der Waals surface area contributed by atoms with Crippen LogP contribution in [0, 0.1) is 17.3 Å². The number of hydrogen-bond acceptors (Lipinski definition) is 3.